The van der Waals surface area contributed by atoms with E-state index in [1.54, 1.807) is 0 Å². The third-order valence-corrected chi connectivity index (χ3v) is 1.62. The van der Waals surface area contributed by atoms with E-state index in [0.717, 1.165) is 12.3 Å². The van der Waals surface area contributed by atoms with E-state index < -0.39 is 28.2 Å². The molecule has 1 heterocycles. The van der Waals surface area contributed by atoms with Gasteiger partial charge in [0.2, 0.25) is 0 Å². The Kier molecular flexibility index (Phi) is 2.48. The Hall–Kier alpha value is -1.62. The molecule has 1 aromatic rings. The average Bonchev–Trinajstić information content (AvgIpc) is 2.02. The highest BCUT2D eigenvalue weighted by molar-refractivity contribution is 6.33. The fraction of sp³-hybridized carbons (Fsp3) is 0. The molecule has 0 aromatic carbocycles. The Bertz CT molecular complexity index is 377. The number of carbonyl (C=O) groups excluding carboxylic acids is 2. The smallest absolute Gasteiger partial charge is 0.138 e. The number of carboxylic acids is 2. The topological polar surface area (TPSA) is 93.2 Å². The van der Waals surface area contributed by atoms with Gasteiger partial charge in [0.15, 0.2) is 0 Å². The lowest BCUT2D eigenvalue weighted by molar-refractivity contribution is -0.259. The van der Waals surface area contributed by atoms with Crippen molar-refractivity contribution in [3.05, 3.63) is 28.5 Å². The zero-order chi connectivity index (χ0) is 10.0. The molecule has 0 atom stereocenters. The minimum atomic E-state index is -1.70. The first-order valence-corrected chi connectivity index (χ1v) is 3.49. The molecule has 0 aliphatic rings. The monoisotopic (exact) mass is 199 g/mol. The summed E-state index contributed by atoms with van der Waals surface area (Å²) in [5, 5.41) is 20.4. The van der Waals surface area contributed by atoms with E-state index in [-0.39, 0.29) is 0 Å². The maximum absolute atomic E-state index is 10.4. The van der Waals surface area contributed by atoms with Gasteiger partial charge in [0, 0.05) is 17.3 Å². The second-order valence-electron chi connectivity index (χ2n) is 2.10. The van der Waals surface area contributed by atoms with Crippen LogP contribution < -0.4 is 10.2 Å². The molecule has 0 fully saturated rings. The van der Waals surface area contributed by atoms with Crippen LogP contribution in [0.25, 0.3) is 0 Å². The Morgan fingerprint density at radius 3 is 2.31 bits per heavy atom. The van der Waals surface area contributed by atoms with Gasteiger partial charge >= 0.3 is 0 Å². The maximum atomic E-state index is 10.4. The van der Waals surface area contributed by atoms with Crippen molar-refractivity contribution in [2.75, 3.05) is 0 Å². The van der Waals surface area contributed by atoms with Gasteiger partial charge in [-0.05, 0) is 6.07 Å². The predicted octanol–water partition coefficient (Wildman–Crippen LogP) is -1.54. The summed E-state index contributed by atoms with van der Waals surface area (Å²) in [6.07, 6.45) is 1.07. The minimum absolute atomic E-state index is 0.429. The van der Waals surface area contributed by atoms with Crippen molar-refractivity contribution >= 4 is 23.5 Å². The van der Waals surface area contributed by atoms with Gasteiger partial charge in [-0.1, -0.05) is 11.6 Å². The van der Waals surface area contributed by atoms with E-state index in [2.05, 4.69) is 4.98 Å². The van der Waals surface area contributed by atoms with Gasteiger partial charge in [-0.3, -0.25) is 0 Å². The summed E-state index contributed by atoms with van der Waals surface area (Å²) in [6, 6.07) is 0.979. The quantitative estimate of drug-likeness (QED) is 0.538. The summed E-state index contributed by atoms with van der Waals surface area (Å²) >= 11 is 5.35. The van der Waals surface area contributed by atoms with E-state index in [9.17, 15) is 19.8 Å². The molecule has 5 nitrogen and oxygen atoms in total. The lowest BCUT2D eigenvalue weighted by Gasteiger charge is -2.11. The van der Waals surface area contributed by atoms with Crippen LogP contribution in [0.5, 0.6) is 0 Å². The number of nitrogens with zero attached hydrogens (tertiary/aromatic N) is 1. The number of rotatable bonds is 2. The molecule has 1 rings (SSSR count). The van der Waals surface area contributed by atoms with Crippen LogP contribution in [0.2, 0.25) is 5.15 Å². The average molecular weight is 200 g/mol. The Labute approximate surface area is 77.6 Å². The molecule has 6 heteroatoms. The molecule has 1 aromatic heterocycles. The van der Waals surface area contributed by atoms with Crippen LogP contribution in [0.15, 0.2) is 12.3 Å². The number of carbonyl (C=O) groups is 2. The highest BCUT2D eigenvalue weighted by Gasteiger charge is 2.09. The number of hydrogen-bond acceptors (Lipinski definition) is 5. The molecular weight excluding hydrogens is 198 g/mol. The minimum Gasteiger partial charge on any atom is -0.545 e. The summed E-state index contributed by atoms with van der Waals surface area (Å²) < 4.78 is 0. The summed E-state index contributed by atoms with van der Waals surface area (Å²) in [7, 11) is 0. The van der Waals surface area contributed by atoms with Crippen LogP contribution in [-0.2, 0) is 0 Å². The maximum Gasteiger partial charge on any atom is 0.138 e. The van der Waals surface area contributed by atoms with E-state index >= 15 is 0 Å². The zero-order valence-corrected chi connectivity index (χ0v) is 6.87. The molecule has 0 radical (unpaired) electrons. The Morgan fingerprint density at radius 1 is 1.31 bits per heavy atom. The second kappa shape index (κ2) is 3.40. The number of halogens is 1. The van der Waals surface area contributed by atoms with Crippen LogP contribution in [0, 0.1) is 0 Å². The van der Waals surface area contributed by atoms with Gasteiger partial charge in [0.25, 0.3) is 0 Å². The van der Waals surface area contributed by atoms with Crippen LogP contribution in [0.1, 0.15) is 20.7 Å². The van der Waals surface area contributed by atoms with Gasteiger partial charge in [0.1, 0.15) is 5.15 Å². The molecule has 0 aliphatic carbocycles. The van der Waals surface area contributed by atoms with Crippen molar-refractivity contribution in [2.24, 2.45) is 0 Å². The SMILES string of the molecule is O=C([O-])c1ccnc(Cl)c1C(=O)[O-]. The highest BCUT2D eigenvalue weighted by Crippen LogP contribution is 2.15. The summed E-state index contributed by atoms with van der Waals surface area (Å²) in [5.74, 6) is -3.33. The van der Waals surface area contributed by atoms with Gasteiger partial charge < -0.3 is 19.8 Å². The fourth-order valence-electron chi connectivity index (χ4n) is 0.801. The standard InChI is InChI=1S/C7H4ClNO4/c8-5-4(7(12)13)3(6(10)11)1-2-9-5/h1-2H,(H,10,11)(H,12,13)/p-2. The highest BCUT2D eigenvalue weighted by atomic mass is 35.5. The van der Waals surface area contributed by atoms with Crippen LogP contribution in [-0.4, -0.2) is 16.9 Å². The van der Waals surface area contributed by atoms with E-state index in [1.807, 2.05) is 0 Å². The zero-order valence-electron chi connectivity index (χ0n) is 6.11. The first-order valence-electron chi connectivity index (χ1n) is 3.11. The molecule has 0 aliphatic heterocycles. The molecule has 0 saturated carbocycles. The number of carboxylic acid groups (broad SMARTS) is 2. The number of aromatic nitrogens is 1. The predicted molar refractivity (Wildman–Crippen MR) is 37.9 cm³/mol. The summed E-state index contributed by atoms with van der Waals surface area (Å²) in [5.41, 5.74) is -1.20. The van der Waals surface area contributed by atoms with Crippen molar-refractivity contribution in [2.45, 2.75) is 0 Å². The van der Waals surface area contributed by atoms with E-state index in [1.165, 1.54) is 0 Å². The van der Waals surface area contributed by atoms with Crippen LogP contribution in [0.4, 0.5) is 0 Å². The van der Waals surface area contributed by atoms with Crippen molar-refractivity contribution in [1.82, 2.24) is 4.98 Å². The van der Waals surface area contributed by atoms with Crippen molar-refractivity contribution < 1.29 is 19.8 Å². The number of aromatic carboxylic acids is 2. The lowest BCUT2D eigenvalue weighted by atomic mass is 10.1. The second-order valence-corrected chi connectivity index (χ2v) is 2.46. The third-order valence-electron chi connectivity index (χ3n) is 1.33. The molecule has 0 bridgehead atoms. The van der Waals surface area contributed by atoms with Gasteiger partial charge in [-0.2, -0.15) is 0 Å². The molecule has 0 amide bonds. The summed E-state index contributed by atoms with van der Waals surface area (Å²) in [4.78, 5) is 24.2. The molecule has 13 heavy (non-hydrogen) atoms. The molecule has 0 spiro atoms. The fourth-order valence-corrected chi connectivity index (χ4v) is 1.04. The van der Waals surface area contributed by atoms with Gasteiger partial charge in [0.05, 0.1) is 11.9 Å². The van der Waals surface area contributed by atoms with Crippen molar-refractivity contribution in [3.8, 4) is 0 Å². The van der Waals surface area contributed by atoms with Gasteiger partial charge in [-0.15, -0.1) is 0 Å². The molecule has 68 valence electrons. The van der Waals surface area contributed by atoms with E-state index in [4.69, 9.17) is 11.6 Å². The van der Waals surface area contributed by atoms with E-state index in [0.29, 0.717) is 0 Å². The molecule has 0 N–H and O–H groups in total. The van der Waals surface area contributed by atoms with Crippen LogP contribution in [0.3, 0.4) is 0 Å². The molecular formula is C7H2ClNO4-2. The Morgan fingerprint density at radius 2 is 1.92 bits per heavy atom. The number of pyridine rings is 1. The van der Waals surface area contributed by atoms with Crippen LogP contribution >= 0.6 is 11.6 Å². The Balaban J connectivity index is 3.43. The van der Waals surface area contributed by atoms with Crippen molar-refractivity contribution in [3.63, 3.8) is 0 Å². The first-order chi connectivity index (χ1) is 6.04. The largest absolute Gasteiger partial charge is 0.545 e. The molecule has 0 unspecified atom stereocenters. The normalized spacial score (nSPS) is 9.62. The summed E-state index contributed by atoms with van der Waals surface area (Å²) in [6.45, 7) is 0. The third kappa shape index (κ3) is 1.75. The lowest BCUT2D eigenvalue weighted by Crippen LogP contribution is -2.30. The van der Waals surface area contributed by atoms with Gasteiger partial charge in [-0.25, -0.2) is 4.98 Å². The first kappa shape index (κ1) is 9.47. The molecule has 0 saturated heterocycles. The number of hydrogen-bond donors (Lipinski definition) is 0. The van der Waals surface area contributed by atoms with Crippen molar-refractivity contribution in [1.29, 1.82) is 0 Å².